The van der Waals surface area contributed by atoms with Gasteiger partial charge in [-0.15, -0.1) is 0 Å². The first-order valence-corrected chi connectivity index (χ1v) is 50.3. The number of primary amides is 1. The summed E-state index contributed by atoms with van der Waals surface area (Å²) in [5.74, 6) is 2.07. The zero-order chi connectivity index (χ0) is 105. The molecule has 0 aliphatic carbocycles. The third-order valence-electron chi connectivity index (χ3n) is 27.6. The third-order valence-corrected chi connectivity index (χ3v) is 27.6. The minimum Gasteiger partial charge on any atom is -0.490 e. The van der Waals surface area contributed by atoms with E-state index < -0.39 is 11.8 Å². The van der Waals surface area contributed by atoms with E-state index in [1.807, 2.05) is 200 Å². The van der Waals surface area contributed by atoms with E-state index in [-0.39, 0.29) is 95.7 Å². The number of aryl methyl sites for hydroxylation is 1. The lowest BCUT2D eigenvalue weighted by Crippen LogP contribution is -2.36. The van der Waals surface area contributed by atoms with E-state index in [0.717, 1.165) is 172 Å². The molecule has 9 aromatic heterocycles. The zero-order valence-electron chi connectivity index (χ0n) is 85.3. The lowest BCUT2D eigenvalue weighted by atomic mass is 10.0. The number of nitrogens with one attached hydrogen (secondary N) is 4. The van der Waals surface area contributed by atoms with Crippen LogP contribution in [0.3, 0.4) is 0 Å². The molecule has 5 aliphatic heterocycles. The fourth-order valence-corrected chi connectivity index (χ4v) is 18.6. The molecule has 7 aromatic carbocycles. The van der Waals surface area contributed by atoms with E-state index in [1.165, 1.54) is 12.3 Å². The molecule has 31 nitrogen and oxygen atoms in total. The SMILES string of the molecule is CC(=O)N(C)Cc1ccc(-c2cc(O[C@H](C)[C@H]3CNC(=O)C3)c3cccnc3c2)cc1.CCN(Cc1ccc(-c2cc(OCc3ncccc3C(N)=O)c3cccnc3c2)cc1)C(C)=O.C[C@@H](Oc1cc(-c2ccc(C(C)(F)F)cn2)cc2ncccc12)[C@H]1CNC(=O)C1.C[C@@H](Oc1cc(-c2ccc(N3CCOCC3)nc2)cc2ncccc12)[C@H]1CNC(=O)C1.C[C@@H](Oc1cc(-c2cnn(C)c2)cc2ncccc12)[C@H]1CNC(=O)C1. The second kappa shape index (κ2) is 47.8. The monoisotopic (exact) mass is 2020 g/mol. The maximum absolute atomic E-state index is 13.5. The molecule has 5 fully saturated rings. The van der Waals surface area contributed by atoms with Crippen molar-refractivity contribution in [2.45, 2.75) is 131 Å². The van der Waals surface area contributed by atoms with Crippen LogP contribution in [0, 0.1) is 23.7 Å². The van der Waals surface area contributed by atoms with Gasteiger partial charge >= 0.3 is 0 Å². The van der Waals surface area contributed by atoms with Gasteiger partial charge in [0, 0.05) is 248 Å². The summed E-state index contributed by atoms with van der Waals surface area (Å²) in [6, 6.07) is 66.0. The zero-order valence-corrected chi connectivity index (χ0v) is 85.3. The van der Waals surface area contributed by atoms with Crippen LogP contribution in [0.4, 0.5) is 14.6 Å². The molecule has 33 heteroatoms. The van der Waals surface area contributed by atoms with Crippen LogP contribution in [-0.4, -0.2) is 191 Å². The van der Waals surface area contributed by atoms with Gasteiger partial charge in [-0.3, -0.25) is 73.1 Å². The molecule has 0 spiro atoms. The van der Waals surface area contributed by atoms with Crippen molar-refractivity contribution in [3.8, 4) is 84.5 Å². The van der Waals surface area contributed by atoms with Gasteiger partial charge in [0.25, 0.3) is 11.8 Å². The highest BCUT2D eigenvalue weighted by Gasteiger charge is 2.34. The molecule has 21 rings (SSSR count). The van der Waals surface area contributed by atoms with Gasteiger partial charge in [0.05, 0.1) is 63.9 Å². The van der Waals surface area contributed by atoms with Gasteiger partial charge in [-0.05, 0) is 237 Å². The van der Waals surface area contributed by atoms with Crippen molar-refractivity contribution < 1.29 is 70.8 Å². The number of rotatable bonds is 28. The summed E-state index contributed by atoms with van der Waals surface area (Å²) in [5, 5.41) is 20.3. The summed E-state index contributed by atoms with van der Waals surface area (Å²) in [7, 11) is 3.69. The highest BCUT2D eigenvalue weighted by molar-refractivity contribution is 5.96. The van der Waals surface area contributed by atoms with Crippen LogP contribution in [0.1, 0.15) is 114 Å². The van der Waals surface area contributed by atoms with E-state index >= 15 is 0 Å². The molecule has 770 valence electrons. The van der Waals surface area contributed by atoms with Crippen LogP contribution in [0.15, 0.2) is 268 Å². The molecule has 0 radical (unpaired) electrons. The van der Waals surface area contributed by atoms with Gasteiger partial charge in [-0.1, -0.05) is 48.5 Å². The maximum Gasteiger partial charge on any atom is 0.272 e. The van der Waals surface area contributed by atoms with Crippen molar-refractivity contribution in [2.24, 2.45) is 36.5 Å². The molecular formula is C117H120F2N18O13. The number of morpholine rings is 1. The fraction of sp³-hybridized carbons (Fsp3) is 0.299. The molecule has 7 amide bonds. The molecule has 0 bridgehead atoms. The number of carbonyl (C=O) groups is 7. The highest BCUT2D eigenvalue weighted by atomic mass is 19.3. The number of carbonyl (C=O) groups excluding carboxylic acids is 7. The number of benzene rings is 7. The highest BCUT2D eigenvalue weighted by Crippen LogP contribution is 2.42. The molecule has 5 aliphatic rings. The van der Waals surface area contributed by atoms with Gasteiger partial charge in [-0.25, -0.2) is 13.8 Å². The first-order chi connectivity index (χ1) is 72.4. The number of halogens is 2. The number of anilines is 1. The Morgan fingerprint density at radius 3 is 1.20 bits per heavy atom. The Bertz CT molecular complexity index is 7560. The normalized spacial score (nSPS) is 16.5. The first kappa shape index (κ1) is 105. The van der Waals surface area contributed by atoms with Crippen LogP contribution in [0.2, 0.25) is 0 Å². The number of pyridine rings is 8. The first-order valence-electron chi connectivity index (χ1n) is 50.3. The van der Waals surface area contributed by atoms with Crippen LogP contribution in [-0.2, 0) is 66.2 Å². The van der Waals surface area contributed by atoms with Crippen molar-refractivity contribution in [1.82, 2.24) is 80.7 Å². The van der Waals surface area contributed by atoms with Gasteiger partial charge in [-0.2, -0.15) is 5.10 Å². The van der Waals surface area contributed by atoms with Gasteiger partial charge in [0.15, 0.2) is 0 Å². The second-order valence-electron chi connectivity index (χ2n) is 38.3. The summed E-state index contributed by atoms with van der Waals surface area (Å²) in [4.78, 5) is 122. The number of aromatic nitrogens is 10. The Balaban J connectivity index is 0.000000128. The quantitative estimate of drug-likeness (QED) is 0.0304. The number of fused-ring (bicyclic) bond motifs is 5. The second-order valence-corrected chi connectivity index (χ2v) is 38.3. The minimum absolute atomic E-state index is 0.0303. The fourth-order valence-electron chi connectivity index (χ4n) is 18.6. The summed E-state index contributed by atoms with van der Waals surface area (Å²) < 4.78 is 65.5. The molecule has 8 atom stereocenters. The number of amides is 7. The average Bonchev–Trinajstić information content (AvgIpc) is 1.09. The van der Waals surface area contributed by atoms with E-state index in [2.05, 4.69) is 114 Å². The maximum atomic E-state index is 13.5. The van der Waals surface area contributed by atoms with E-state index in [9.17, 15) is 42.3 Å². The molecule has 0 unspecified atom stereocenters. The Labute approximate surface area is 867 Å². The van der Waals surface area contributed by atoms with Crippen molar-refractivity contribution in [3.63, 3.8) is 0 Å². The van der Waals surface area contributed by atoms with Gasteiger partial charge in [0.2, 0.25) is 35.4 Å². The Hall–Kier alpha value is -16.8. The Morgan fingerprint density at radius 1 is 0.447 bits per heavy atom. The number of nitrogens with two attached hydrogens (primary N) is 1. The molecule has 14 heterocycles. The van der Waals surface area contributed by atoms with E-state index in [4.69, 9.17) is 34.2 Å². The Kier molecular flexibility index (Phi) is 33.3. The molecule has 16 aromatic rings. The predicted octanol–water partition coefficient (Wildman–Crippen LogP) is 18.0. The summed E-state index contributed by atoms with van der Waals surface area (Å²) >= 11 is 0. The average molecular weight is 2020 g/mol. The van der Waals surface area contributed by atoms with Crippen LogP contribution < -0.4 is 55.6 Å². The summed E-state index contributed by atoms with van der Waals surface area (Å²) in [6.07, 6.45) is 18.8. The molecule has 0 saturated carbocycles. The Morgan fingerprint density at radius 2 is 0.833 bits per heavy atom. The van der Waals surface area contributed by atoms with Crippen molar-refractivity contribution in [1.29, 1.82) is 0 Å². The standard InChI is InChI=1S/C27H26N4O3.C25H27N3O3.C24H26N4O3.C22H21F2N3O2.C19H20N4O2/c1-3-31(18(2)32)16-19-8-10-20(11-9-19)21-14-24-22(6-4-12-29-24)26(15-21)34-17-25-23(27(28)33)7-5-13-30-25;1-16(21-13-25(30)27-14-21)31-24-12-20(11-23-22(24)5-4-10-26-23)19-8-6-18(7-9-19)15-28(3)17(2)29;1-16(19-13-24(29)27-15-19)31-22-12-18(11-21-20(22)3-2-6-25-21)17-4-5-23(26-14-17)28-7-9-30-10-8-28;1-13(15-10-21(28)27-11-15)29-20-9-14(8-19-17(20)4-3-7-25-19)18-6-5-16(12-26-18)22(2,23)24;1-12(14-8-19(24)21-9-14)25-18-7-13(15-10-22-23(2)11-15)6-17-16(18)4-3-5-20-17/h4-15H,3,16-17H2,1-2H3,(H2,28,33);4-12,16,21H,13-15H2,1-3H3,(H,27,30);2-6,11-12,14,16,19H,7-10,13,15H2,1H3,(H,27,29);3-9,12-13,15H,10-11H2,1-2H3,(H,27,28);3-7,10-12,14H,8-9H2,1-2H3,(H,21,24)/t;16-,21-;16-,19-;13-,15-;12-,14-/m.1111/s1. The smallest absolute Gasteiger partial charge is 0.272 e. The van der Waals surface area contributed by atoms with Crippen LogP contribution in [0.25, 0.3) is 110 Å². The third kappa shape index (κ3) is 26.2. The van der Waals surface area contributed by atoms with E-state index in [0.29, 0.717) is 99.9 Å². The number of ether oxygens (including phenoxy) is 6. The number of nitrogens with zero attached hydrogens (tertiary/aromatic N) is 13. The molecule has 150 heavy (non-hydrogen) atoms. The van der Waals surface area contributed by atoms with Crippen LogP contribution in [0.5, 0.6) is 28.7 Å². The van der Waals surface area contributed by atoms with Gasteiger partial charge < -0.3 is 70.1 Å². The lowest BCUT2D eigenvalue weighted by molar-refractivity contribution is -0.129. The molecular weight excluding hydrogens is 1900 g/mol. The summed E-state index contributed by atoms with van der Waals surface area (Å²) in [6.45, 7) is 21.6. The number of hydrogen-bond acceptors (Lipinski definition) is 23. The molecule has 6 N–H and O–H groups in total. The number of hydrogen-bond donors (Lipinski definition) is 5. The van der Waals surface area contributed by atoms with Crippen molar-refractivity contribution in [3.05, 3.63) is 296 Å². The largest absolute Gasteiger partial charge is 0.490 e. The van der Waals surface area contributed by atoms with Crippen molar-refractivity contribution in [2.75, 3.05) is 71.0 Å². The van der Waals surface area contributed by atoms with E-state index in [1.54, 1.807) is 90.8 Å². The minimum atomic E-state index is -2.94. The lowest BCUT2D eigenvalue weighted by Gasteiger charge is -2.27. The summed E-state index contributed by atoms with van der Waals surface area (Å²) in [5.41, 5.74) is 21.8. The predicted molar refractivity (Wildman–Crippen MR) is 572 cm³/mol. The number of alkyl halides is 2. The topological polar surface area (TPSA) is 380 Å². The van der Waals surface area contributed by atoms with Crippen molar-refractivity contribution >= 4 is 102 Å². The van der Waals surface area contributed by atoms with Gasteiger partial charge in [0.1, 0.15) is 65.6 Å². The molecule has 5 saturated heterocycles. The van der Waals surface area contributed by atoms with Crippen LogP contribution >= 0.6 is 0 Å².